The first-order valence-electron chi connectivity index (χ1n) is 23.4. The molecule has 0 radical (unpaired) electrons. The van der Waals surface area contributed by atoms with Crippen molar-refractivity contribution in [3.05, 3.63) is 0 Å². The predicted octanol–water partition coefficient (Wildman–Crippen LogP) is 2.00. The molecule has 0 bridgehead atoms. The van der Waals surface area contributed by atoms with Gasteiger partial charge in [0, 0.05) is 65.0 Å². The lowest BCUT2D eigenvalue weighted by molar-refractivity contribution is -0.174. The van der Waals surface area contributed by atoms with Crippen LogP contribution in [-0.2, 0) is 76.3 Å². The van der Waals surface area contributed by atoms with Gasteiger partial charge < -0.3 is 67.0 Å². The summed E-state index contributed by atoms with van der Waals surface area (Å²) in [6.45, 7) is 23.8. The van der Waals surface area contributed by atoms with Crippen molar-refractivity contribution in [3.63, 3.8) is 0 Å². The molecule has 0 aliphatic carbocycles. The SMILES string of the molecule is CC(=O)OC(C)C(=O)OC(C)C(=O)N(C[C@@H](COc1nsnc1N1CCOCC1)OC(C)=O)C(C)(C)C.CC(=O)OC(C)C(=O)OCC(=O)N(C[C@@H](COc1nsnc1N1CCOCC1)OC(C)=O)C(C)(C)C. The van der Waals surface area contributed by atoms with Crippen LogP contribution < -0.4 is 19.3 Å². The Labute approximate surface area is 433 Å². The van der Waals surface area contributed by atoms with E-state index in [1.54, 1.807) is 41.5 Å². The van der Waals surface area contributed by atoms with Gasteiger partial charge in [0.15, 0.2) is 37.1 Å². The lowest BCUT2D eigenvalue weighted by atomic mass is 10.0. The van der Waals surface area contributed by atoms with Gasteiger partial charge in [0.25, 0.3) is 23.6 Å². The van der Waals surface area contributed by atoms with E-state index in [4.69, 9.17) is 47.4 Å². The highest BCUT2D eigenvalue weighted by Crippen LogP contribution is 2.29. The van der Waals surface area contributed by atoms with E-state index in [0.29, 0.717) is 76.0 Å². The zero-order chi connectivity index (χ0) is 54.6. The summed E-state index contributed by atoms with van der Waals surface area (Å²) in [7, 11) is 0. The minimum absolute atomic E-state index is 0.0244. The van der Waals surface area contributed by atoms with Crippen molar-refractivity contribution < 1.29 is 85.7 Å². The number of carbonyl (C=O) groups excluding carboxylic acids is 8. The molecular weight excluding hydrogens is 1000 g/mol. The fraction of sp³-hybridized carbons (Fsp3) is 0.733. The number of esters is 6. The third-order valence-corrected chi connectivity index (χ3v) is 11.3. The van der Waals surface area contributed by atoms with Crippen LogP contribution >= 0.6 is 23.5 Å². The topological polar surface area (TPSA) is 293 Å². The standard InChI is InChI=1S/C23H36N4O9S.C22H34N4O9S/c1-14(35-22(31)15(2)34-16(3)28)21(30)27(23(5,6)7)12-18(36-17(4)29)13-33-20-19(24-37-25-20)26-8-10-32-11-9-26;1-14(34-15(2)27)21(30)33-13-18(29)26(22(4,5)6)11-17(35-16(3)28)12-32-20-19(23-36-24-20)25-7-9-31-10-8-25/h14-15,18H,8-13H2,1-7H3;14,17H,7-13H2,1-6H3/t14?,15?,18-;14?,17-/m00/s1. The van der Waals surface area contributed by atoms with Crippen molar-refractivity contribution in [2.24, 2.45) is 0 Å². The van der Waals surface area contributed by atoms with Gasteiger partial charge >= 0.3 is 35.8 Å². The summed E-state index contributed by atoms with van der Waals surface area (Å²) < 4.78 is 70.2. The molecule has 73 heavy (non-hydrogen) atoms. The first kappa shape index (κ1) is 61.3. The van der Waals surface area contributed by atoms with E-state index >= 15 is 0 Å². The molecule has 0 saturated carbocycles. The van der Waals surface area contributed by atoms with Gasteiger partial charge in [0.2, 0.25) is 11.6 Å². The number of rotatable bonds is 22. The molecule has 3 unspecified atom stereocenters. The van der Waals surface area contributed by atoms with E-state index in [2.05, 4.69) is 17.5 Å². The van der Waals surface area contributed by atoms with Crippen molar-refractivity contribution in [2.45, 2.75) is 132 Å². The maximum atomic E-state index is 13.3. The van der Waals surface area contributed by atoms with Crippen LogP contribution in [0.25, 0.3) is 0 Å². The summed E-state index contributed by atoms with van der Waals surface area (Å²) in [6.07, 6.45) is -5.17. The van der Waals surface area contributed by atoms with Crippen LogP contribution in [0.3, 0.4) is 0 Å². The average Bonchev–Trinajstić information content (AvgIpc) is 3.99. The number of aromatic nitrogens is 4. The van der Waals surface area contributed by atoms with E-state index in [0.717, 1.165) is 23.5 Å². The Balaban J connectivity index is 0.000000385. The summed E-state index contributed by atoms with van der Waals surface area (Å²) in [4.78, 5) is 103. The van der Waals surface area contributed by atoms with Crippen LogP contribution in [0.1, 0.15) is 90.0 Å². The van der Waals surface area contributed by atoms with Gasteiger partial charge in [-0.25, -0.2) is 9.59 Å². The van der Waals surface area contributed by atoms with Crippen LogP contribution in [0.5, 0.6) is 11.8 Å². The van der Waals surface area contributed by atoms with Gasteiger partial charge in [-0.1, -0.05) is 0 Å². The molecule has 0 N–H and O–H groups in total. The van der Waals surface area contributed by atoms with Crippen LogP contribution in [0.2, 0.25) is 0 Å². The molecule has 2 aromatic rings. The van der Waals surface area contributed by atoms with Gasteiger partial charge in [-0.15, -0.1) is 8.75 Å². The van der Waals surface area contributed by atoms with Crippen molar-refractivity contribution in [1.82, 2.24) is 27.3 Å². The molecule has 4 rings (SSSR count). The van der Waals surface area contributed by atoms with E-state index in [9.17, 15) is 38.4 Å². The van der Waals surface area contributed by atoms with Gasteiger partial charge in [-0.3, -0.25) is 28.8 Å². The summed E-state index contributed by atoms with van der Waals surface area (Å²) in [5.41, 5.74) is -1.43. The first-order chi connectivity index (χ1) is 34.2. The Kier molecular flexibility index (Phi) is 24.4. The number of anilines is 2. The van der Waals surface area contributed by atoms with Crippen molar-refractivity contribution in [2.75, 3.05) is 95.3 Å². The van der Waals surface area contributed by atoms with Gasteiger partial charge in [0.1, 0.15) is 13.2 Å². The summed E-state index contributed by atoms with van der Waals surface area (Å²) in [6, 6.07) is 0. The molecule has 2 amide bonds. The second-order valence-corrected chi connectivity index (χ2v) is 19.6. The minimum Gasteiger partial charge on any atom is -0.470 e. The van der Waals surface area contributed by atoms with Crippen molar-refractivity contribution >= 4 is 82.7 Å². The minimum atomic E-state index is -1.18. The molecule has 4 heterocycles. The van der Waals surface area contributed by atoms with Crippen LogP contribution in [0.4, 0.5) is 11.6 Å². The average molecular weight is 1080 g/mol. The lowest BCUT2D eigenvalue weighted by Crippen LogP contribution is -2.54. The molecule has 2 aromatic heterocycles. The number of hydrogen-bond donors (Lipinski definition) is 0. The molecule has 28 heteroatoms. The zero-order valence-corrected chi connectivity index (χ0v) is 45.5. The first-order valence-corrected chi connectivity index (χ1v) is 24.9. The fourth-order valence-corrected chi connectivity index (χ4v) is 7.89. The number of amides is 2. The number of carbonyl (C=O) groups is 8. The third kappa shape index (κ3) is 21.2. The van der Waals surface area contributed by atoms with E-state index < -0.39 is 95.8 Å². The Morgan fingerprint density at radius 1 is 0.548 bits per heavy atom. The monoisotopic (exact) mass is 1070 g/mol. The maximum Gasteiger partial charge on any atom is 0.347 e. The Morgan fingerprint density at radius 2 is 0.932 bits per heavy atom. The molecule has 2 saturated heterocycles. The molecule has 0 aromatic carbocycles. The van der Waals surface area contributed by atoms with E-state index in [1.807, 2.05) is 9.80 Å². The van der Waals surface area contributed by atoms with Crippen molar-refractivity contribution in [1.29, 1.82) is 0 Å². The highest BCUT2D eigenvalue weighted by atomic mass is 32.1. The quantitative estimate of drug-likeness (QED) is 0.120. The summed E-state index contributed by atoms with van der Waals surface area (Å²) >= 11 is 2.01. The molecule has 0 spiro atoms. The third-order valence-electron chi connectivity index (χ3n) is 10.3. The molecule has 410 valence electrons. The predicted molar refractivity (Wildman–Crippen MR) is 260 cm³/mol. The number of ether oxygens (including phenoxy) is 10. The summed E-state index contributed by atoms with van der Waals surface area (Å²) in [5, 5.41) is 0. The highest BCUT2D eigenvalue weighted by Gasteiger charge is 2.37. The fourth-order valence-electron chi connectivity index (χ4n) is 6.84. The smallest absolute Gasteiger partial charge is 0.347 e. The maximum absolute atomic E-state index is 13.3. The Morgan fingerprint density at radius 3 is 1.32 bits per heavy atom. The molecule has 5 atom stereocenters. The van der Waals surface area contributed by atoms with Crippen LogP contribution in [-0.4, -0.2) is 202 Å². The van der Waals surface area contributed by atoms with Crippen LogP contribution in [0, 0.1) is 0 Å². The van der Waals surface area contributed by atoms with Gasteiger partial charge in [0.05, 0.1) is 63.0 Å². The number of hydrogen-bond acceptors (Lipinski definition) is 26. The number of nitrogens with zero attached hydrogens (tertiary/aromatic N) is 8. The zero-order valence-electron chi connectivity index (χ0n) is 43.8. The summed E-state index contributed by atoms with van der Waals surface area (Å²) in [5.74, 6) is -3.33. The van der Waals surface area contributed by atoms with Crippen molar-refractivity contribution in [3.8, 4) is 11.8 Å². The van der Waals surface area contributed by atoms with Gasteiger partial charge in [-0.2, -0.15) is 8.75 Å². The second-order valence-electron chi connectivity index (χ2n) is 18.6. The van der Waals surface area contributed by atoms with E-state index in [-0.39, 0.29) is 26.3 Å². The molecule has 2 aliphatic rings. The molecule has 26 nitrogen and oxygen atoms in total. The van der Waals surface area contributed by atoms with Crippen LogP contribution in [0.15, 0.2) is 0 Å². The molecule has 2 fully saturated rings. The Bertz CT molecular complexity index is 2150. The largest absolute Gasteiger partial charge is 0.470 e. The second kappa shape index (κ2) is 29.0. The molecular formula is C45H70N8O18S2. The lowest BCUT2D eigenvalue weighted by Gasteiger charge is -2.39. The number of morpholine rings is 2. The normalized spacial score (nSPS) is 15.8. The molecule has 2 aliphatic heterocycles. The highest BCUT2D eigenvalue weighted by molar-refractivity contribution is 6.99. The van der Waals surface area contributed by atoms with Gasteiger partial charge in [-0.05, 0) is 62.3 Å². The van der Waals surface area contributed by atoms with E-state index in [1.165, 1.54) is 58.3 Å². The Hall–Kier alpha value is -6.00.